The monoisotopic (exact) mass is 449 g/mol. The highest BCUT2D eigenvalue weighted by atomic mass is 32.2. The Hall–Kier alpha value is -3.33. The first-order valence-electron chi connectivity index (χ1n) is 8.95. The molecule has 1 fully saturated rings. The van der Waals surface area contributed by atoms with Crippen LogP contribution in [0.5, 0.6) is 0 Å². The second-order valence-corrected chi connectivity index (χ2v) is 7.47. The summed E-state index contributed by atoms with van der Waals surface area (Å²) in [7, 11) is 0. The van der Waals surface area contributed by atoms with Gasteiger partial charge in [-0.15, -0.1) is 0 Å². The lowest BCUT2D eigenvalue weighted by atomic mass is 9.97. The third-order valence-corrected chi connectivity index (χ3v) is 5.09. The van der Waals surface area contributed by atoms with Crippen LogP contribution in [0.1, 0.15) is 26.5 Å². The van der Waals surface area contributed by atoms with Gasteiger partial charge >= 0.3 is 17.9 Å². The standard InChI is InChI=1S/C18H19N5O7S/c1-9(24)27-8-14-16(28-10(2)25)15(22-23-20)17(29-11(3)26)18(30-14)31-13-5-4-12(6-19)21-7-13/h4-5,7,14-18H,8H2,1-3H3/t14?,15-,16-,17?,18+/m0/s1. The van der Waals surface area contributed by atoms with E-state index in [-0.39, 0.29) is 12.3 Å². The molecule has 0 N–H and O–H groups in total. The summed E-state index contributed by atoms with van der Waals surface area (Å²) in [6.07, 6.45) is -1.88. The van der Waals surface area contributed by atoms with Crippen LogP contribution < -0.4 is 0 Å². The first kappa shape index (κ1) is 23.9. The van der Waals surface area contributed by atoms with Gasteiger partial charge in [0.2, 0.25) is 0 Å². The normalized spacial score (nSPS) is 24.8. The van der Waals surface area contributed by atoms with Crippen molar-refractivity contribution in [3.63, 3.8) is 0 Å². The summed E-state index contributed by atoms with van der Waals surface area (Å²) in [4.78, 5) is 42.0. The Balaban J connectivity index is 2.42. The third kappa shape index (κ3) is 6.85. The minimum atomic E-state index is -1.17. The van der Waals surface area contributed by atoms with Crippen molar-refractivity contribution in [2.24, 2.45) is 5.11 Å². The van der Waals surface area contributed by atoms with Crippen LogP contribution in [0, 0.1) is 11.3 Å². The largest absolute Gasteiger partial charge is 0.463 e. The van der Waals surface area contributed by atoms with E-state index in [0.717, 1.165) is 18.7 Å². The first-order chi connectivity index (χ1) is 14.7. The Morgan fingerprint density at radius 3 is 2.42 bits per heavy atom. The van der Waals surface area contributed by atoms with Gasteiger partial charge in [-0.2, -0.15) is 5.26 Å². The van der Waals surface area contributed by atoms with Gasteiger partial charge in [0.05, 0.1) is 0 Å². The number of pyridine rings is 1. The van der Waals surface area contributed by atoms with Gasteiger partial charge in [-0.3, -0.25) is 14.4 Å². The molecule has 13 heteroatoms. The molecule has 31 heavy (non-hydrogen) atoms. The molecular formula is C18H19N5O7S. The molecule has 5 atom stereocenters. The van der Waals surface area contributed by atoms with E-state index < -0.39 is 47.7 Å². The fourth-order valence-corrected chi connectivity index (χ4v) is 3.90. The summed E-state index contributed by atoms with van der Waals surface area (Å²) in [6, 6.07) is 3.86. The summed E-state index contributed by atoms with van der Waals surface area (Å²) in [5.41, 5.74) is 8.34. The van der Waals surface area contributed by atoms with Gasteiger partial charge in [0.25, 0.3) is 0 Å². The van der Waals surface area contributed by atoms with Crippen molar-refractivity contribution in [1.82, 2.24) is 4.98 Å². The van der Waals surface area contributed by atoms with E-state index in [1.54, 1.807) is 6.07 Å². The van der Waals surface area contributed by atoms with Crippen molar-refractivity contribution in [3.8, 4) is 6.07 Å². The summed E-state index contributed by atoms with van der Waals surface area (Å²) >= 11 is 1.09. The van der Waals surface area contributed by atoms with E-state index in [9.17, 15) is 14.4 Å². The molecule has 0 amide bonds. The number of nitriles is 1. The van der Waals surface area contributed by atoms with Crippen molar-refractivity contribution >= 4 is 29.7 Å². The summed E-state index contributed by atoms with van der Waals surface area (Å²) in [5.74, 6) is -1.95. The maximum absolute atomic E-state index is 11.7. The average molecular weight is 449 g/mol. The molecule has 0 spiro atoms. The molecule has 0 bridgehead atoms. The number of azide groups is 1. The molecule has 1 saturated heterocycles. The number of carbonyl (C=O) groups is 3. The minimum Gasteiger partial charge on any atom is -0.463 e. The number of carbonyl (C=O) groups excluding carboxylic acids is 3. The van der Waals surface area contributed by atoms with Gasteiger partial charge in [0.15, 0.2) is 0 Å². The van der Waals surface area contributed by atoms with Crippen molar-refractivity contribution in [2.45, 2.75) is 55.5 Å². The number of nitrogens with zero attached hydrogens (tertiary/aromatic N) is 5. The average Bonchev–Trinajstić information content (AvgIpc) is 2.70. The lowest BCUT2D eigenvalue weighted by Crippen LogP contribution is -2.59. The Morgan fingerprint density at radius 1 is 1.23 bits per heavy atom. The minimum absolute atomic E-state index is 0.208. The summed E-state index contributed by atoms with van der Waals surface area (Å²) in [5, 5.41) is 12.6. The highest BCUT2D eigenvalue weighted by Gasteiger charge is 2.50. The SMILES string of the molecule is CC(=O)OCC1O[C@H](Sc2ccc(C#N)nc2)C(OC(C)=O)[C@@H](N=[N+]=[N-])[C@H]1OC(C)=O. The second kappa shape index (κ2) is 11.2. The molecule has 12 nitrogen and oxygen atoms in total. The Labute approximate surface area is 181 Å². The number of hydrogen-bond donors (Lipinski definition) is 0. The van der Waals surface area contributed by atoms with Gasteiger partial charge in [-0.05, 0) is 17.7 Å². The number of hydrogen-bond acceptors (Lipinski definition) is 11. The van der Waals surface area contributed by atoms with Gasteiger partial charge in [-0.25, -0.2) is 4.98 Å². The van der Waals surface area contributed by atoms with Gasteiger partial charge < -0.3 is 18.9 Å². The van der Waals surface area contributed by atoms with Crippen LogP contribution in [0.3, 0.4) is 0 Å². The Bertz CT molecular complexity index is 913. The van der Waals surface area contributed by atoms with Crippen LogP contribution in [0.4, 0.5) is 0 Å². The van der Waals surface area contributed by atoms with Crippen molar-refractivity contribution in [2.75, 3.05) is 6.61 Å². The van der Waals surface area contributed by atoms with Gasteiger partial charge in [-0.1, -0.05) is 16.9 Å². The number of ether oxygens (including phenoxy) is 4. The maximum Gasteiger partial charge on any atom is 0.303 e. The lowest BCUT2D eigenvalue weighted by Gasteiger charge is -2.43. The van der Waals surface area contributed by atoms with Gasteiger partial charge in [0.1, 0.15) is 48.2 Å². The number of aromatic nitrogens is 1. The zero-order chi connectivity index (χ0) is 23.0. The van der Waals surface area contributed by atoms with Crippen LogP contribution in [0.25, 0.3) is 10.4 Å². The van der Waals surface area contributed by atoms with E-state index in [1.165, 1.54) is 26.1 Å². The van der Waals surface area contributed by atoms with Crippen molar-refractivity contribution < 1.29 is 33.3 Å². The Kier molecular flexibility index (Phi) is 8.63. The van der Waals surface area contributed by atoms with E-state index in [2.05, 4.69) is 15.0 Å². The Morgan fingerprint density at radius 2 is 1.90 bits per heavy atom. The highest BCUT2D eigenvalue weighted by Crippen LogP contribution is 2.37. The third-order valence-electron chi connectivity index (χ3n) is 3.96. The molecule has 1 aromatic heterocycles. The molecule has 0 aliphatic carbocycles. The smallest absolute Gasteiger partial charge is 0.303 e. The van der Waals surface area contributed by atoms with Crippen molar-refractivity contribution in [3.05, 3.63) is 34.5 Å². The summed E-state index contributed by atoms with van der Waals surface area (Å²) in [6.45, 7) is 3.23. The van der Waals surface area contributed by atoms with E-state index in [1.807, 2.05) is 6.07 Å². The molecule has 0 aromatic carbocycles. The van der Waals surface area contributed by atoms with E-state index >= 15 is 0 Å². The zero-order valence-electron chi connectivity index (χ0n) is 16.8. The number of esters is 3. The molecule has 164 valence electrons. The van der Waals surface area contributed by atoms with Crippen LogP contribution in [0.15, 0.2) is 28.3 Å². The quantitative estimate of drug-likeness (QED) is 0.196. The molecule has 2 rings (SSSR count). The molecule has 0 radical (unpaired) electrons. The molecule has 1 aliphatic heterocycles. The molecular weight excluding hydrogens is 430 g/mol. The van der Waals surface area contributed by atoms with Gasteiger partial charge in [0, 0.05) is 36.8 Å². The zero-order valence-corrected chi connectivity index (χ0v) is 17.6. The number of thioether (sulfide) groups is 1. The lowest BCUT2D eigenvalue weighted by molar-refractivity contribution is -0.201. The fraction of sp³-hybridized carbons (Fsp3) is 0.500. The molecule has 1 aliphatic rings. The highest BCUT2D eigenvalue weighted by molar-refractivity contribution is 7.99. The number of rotatable bonds is 7. The molecule has 0 saturated carbocycles. The van der Waals surface area contributed by atoms with E-state index in [4.69, 9.17) is 29.7 Å². The first-order valence-corrected chi connectivity index (χ1v) is 9.83. The topological polar surface area (TPSA) is 174 Å². The molecule has 1 aromatic rings. The predicted molar refractivity (Wildman–Crippen MR) is 104 cm³/mol. The molecule has 2 heterocycles. The van der Waals surface area contributed by atoms with Crippen LogP contribution >= 0.6 is 11.8 Å². The van der Waals surface area contributed by atoms with Crippen LogP contribution in [-0.4, -0.2) is 59.3 Å². The predicted octanol–water partition coefficient (Wildman–Crippen LogP) is 1.88. The summed E-state index contributed by atoms with van der Waals surface area (Å²) < 4.78 is 21.6. The molecule has 2 unspecified atom stereocenters. The van der Waals surface area contributed by atoms with E-state index in [0.29, 0.717) is 4.90 Å². The second-order valence-electron chi connectivity index (χ2n) is 6.30. The van der Waals surface area contributed by atoms with Crippen LogP contribution in [0.2, 0.25) is 0 Å². The van der Waals surface area contributed by atoms with Crippen LogP contribution in [-0.2, 0) is 33.3 Å². The van der Waals surface area contributed by atoms with Crippen molar-refractivity contribution in [1.29, 1.82) is 5.26 Å². The fourth-order valence-electron chi connectivity index (χ4n) is 2.82. The maximum atomic E-state index is 11.7.